The topological polar surface area (TPSA) is 72.6 Å². The average Bonchev–Trinajstić information content (AvgIpc) is 2.61. The van der Waals surface area contributed by atoms with Gasteiger partial charge in [0, 0.05) is 24.4 Å². The van der Waals surface area contributed by atoms with E-state index in [-0.39, 0.29) is 23.7 Å². The van der Waals surface area contributed by atoms with E-state index in [1.165, 1.54) is 4.90 Å². The minimum atomic E-state index is -0.277. The van der Waals surface area contributed by atoms with Gasteiger partial charge in [0.05, 0.1) is 5.69 Å². The Hall–Kier alpha value is -1.88. The summed E-state index contributed by atoms with van der Waals surface area (Å²) in [7, 11) is 0. The Morgan fingerprint density at radius 3 is 2.42 bits per heavy atom. The molecule has 1 aromatic carbocycles. The molecule has 1 fully saturated rings. The number of amides is 2. The Labute approximate surface area is 112 Å². The van der Waals surface area contributed by atoms with Gasteiger partial charge in [0.15, 0.2) is 0 Å². The lowest BCUT2D eigenvalue weighted by atomic mass is 10.00. The number of benzene rings is 1. The average molecular weight is 262 g/mol. The minimum Gasteiger partial charge on any atom is -0.492 e. The van der Waals surface area contributed by atoms with Crippen molar-refractivity contribution in [1.82, 2.24) is 0 Å². The number of anilines is 1. The van der Waals surface area contributed by atoms with Crippen LogP contribution in [0.1, 0.15) is 13.8 Å². The fraction of sp³-hybridized carbons (Fsp3) is 0.429. The predicted octanol–water partition coefficient (Wildman–Crippen LogP) is 1.17. The summed E-state index contributed by atoms with van der Waals surface area (Å²) in [4.78, 5) is 25.4. The van der Waals surface area contributed by atoms with Crippen molar-refractivity contribution in [3.05, 3.63) is 24.3 Å². The number of imide groups is 1. The third kappa shape index (κ3) is 2.46. The Morgan fingerprint density at radius 2 is 1.84 bits per heavy atom. The van der Waals surface area contributed by atoms with Crippen molar-refractivity contribution in [2.24, 2.45) is 17.6 Å². The summed E-state index contributed by atoms with van der Waals surface area (Å²) in [5, 5.41) is 0. The molecular formula is C14H18N2O3. The highest BCUT2D eigenvalue weighted by molar-refractivity contribution is 6.21. The smallest absolute Gasteiger partial charge is 0.237 e. The van der Waals surface area contributed by atoms with E-state index in [9.17, 15) is 9.59 Å². The van der Waals surface area contributed by atoms with Crippen LogP contribution in [0.15, 0.2) is 24.3 Å². The van der Waals surface area contributed by atoms with Crippen LogP contribution in [-0.4, -0.2) is 25.0 Å². The SMILES string of the molecule is CC1C(=O)N(c2cccc(OCCN)c2)C(=O)C1C. The molecule has 19 heavy (non-hydrogen) atoms. The van der Waals surface area contributed by atoms with Crippen LogP contribution < -0.4 is 15.4 Å². The van der Waals surface area contributed by atoms with Gasteiger partial charge in [0.2, 0.25) is 11.8 Å². The van der Waals surface area contributed by atoms with E-state index in [1.54, 1.807) is 38.1 Å². The first-order valence-electron chi connectivity index (χ1n) is 6.37. The second-order valence-corrected chi connectivity index (χ2v) is 4.72. The van der Waals surface area contributed by atoms with Gasteiger partial charge >= 0.3 is 0 Å². The standard InChI is InChI=1S/C14H18N2O3/c1-9-10(2)14(18)16(13(9)17)11-4-3-5-12(8-11)19-7-6-15/h3-5,8-10H,6-7,15H2,1-2H3. The molecule has 0 saturated carbocycles. The maximum atomic E-state index is 12.1. The summed E-state index contributed by atoms with van der Waals surface area (Å²) < 4.78 is 5.41. The van der Waals surface area contributed by atoms with Crippen LogP contribution >= 0.6 is 0 Å². The Morgan fingerprint density at radius 1 is 1.21 bits per heavy atom. The van der Waals surface area contributed by atoms with E-state index < -0.39 is 0 Å². The highest BCUT2D eigenvalue weighted by Crippen LogP contribution is 2.31. The van der Waals surface area contributed by atoms with Crippen LogP contribution in [0, 0.1) is 11.8 Å². The molecule has 0 radical (unpaired) electrons. The quantitative estimate of drug-likeness (QED) is 0.827. The molecule has 5 heteroatoms. The summed E-state index contributed by atoms with van der Waals surface area (Å²) in [6, 6.07) is 6.96. The van der Waals surface area contributed by atoms with E-state index in [2.05, 4.69) is 0 Å². The fourth-order valence-electron chi connectivity index (χ4n) is 2.09. The maximum absolute atomic E-state index is 12.1. The van der Waals surface area contributed by atoms with Gasteiger partial charge in [-0.05, 0) is 12.1 Å². The summed E-state index contributed by atoms with van der Waals surface area (Å²) in [5.74, 6) is -0.264. The van der Waals surface area contributed by atoms with E-state index in [0.29, 0.717) is 24.6 Å². The molecule has 2 amide bonds. The number of nitrogens with zero attached hydrogens (tertiary/aromatic N) is 1. The van der Waals surface area contributed by atoms with Gasteiger partial charge in [-0.1, -0.05) is 19.9 Å². The van der Waals surface area contributed by atoms with Crippen LogP contribution in [-0.2, 0) is 9.59 Å². The van der Waals surface area contributed by atoms with Crippen molar-refractivity contribution in [2.45, 2.75) is 13.8 Å². The molecule has 1 aliphatic heterocycles. The van der Waals surface area contributed by atoms with Crippen LogP contribution in [0.5, 0.6) is 5.75 Å². The zero-order chi connectivity index (χ0) is 14.0. The third-order valence-electron chi connectivity index (χ3n) is 3.43. The Bertz CT molecular complexity index is 481. The normalized spacial score (nSPS) is 23.0. The van der Waals surface area contributed by atoms with Crippen LogP contribution in [0.3, 0.4) is 0 Å². The van der Waals surface area contributed by atoms with Gasteiger partial charge in [0.1, 0.15) is 12.4 Å². The van der Waals surface area contributed by atoms with Crippen molar-refractivity contribution < 1.29 is 14.3 Å². The first-order chi connectivity index (χ1) is 9.06. The highest BCUT2D eigenvalue weighted by Gasteiger charge is 2.43. The molecular weight excluding hydrogens is 244 g/mol. The number of carbonyl (C=O) groups is 2. The van der Waals surface area contributed by atoms with E-state index in [0.717, 1.165) is 0 Å². The second kappa shape index (κ2) is 5.40. The van der Waals surface area contributed by atoms with Gasteiger partial charge in [-0.25, -0.2) is 4.90 Å². The van der Waals surface area contributed by atoms with Gasteiger partial charge < -0.3 is 10.5 Å². The lowest BCUT2D eigenvalue weighted by Gasteiger charge is -2.15. The van der Waals surface area contributed by atoms with Crippen molar-refractivity contribution in [2.75, 3.05) is 18.1 Å². The molecule has 2 atom stereocenters. The van der Waals surface area contributed by atoms with E-state index >= 15 is 0 Å². The molecule has 0 bridgehead atoms. The summed E-state index contributed by atoms with van der Waals surface area (Å²) in [6.45, 7) is 4.37. The zero-order valence-corrected chi connectivity index (χ0v) is 11.1. The molecule has 1 saturated heterocycles. The molecule has 0 aromatic heterocycles. The third-order valence-corrected chi connectivity index (χ3v) is 3.43. The summed E-state index contributed by atoms with van der Waals surface area (Å²) in [5.41, 5.74) is 5.93. The van der Waals surface area contributed by atoms with Crippen LogP contribution in [0.4, 0.5) is 5.69 Å². The number of nitrogens with two attached hydrogens (primary N) is 1. The lowest BCUT2D eigenvalue weighted by Crippen LogP contribution is -2.30. The van der Waals surface area contributed by atoms with Gasteiger partial charge in [0.25, 0.3) is 0 Å². The molecule has 0 spiro atoms. The zero-order valence-electron chi connectivity index (χ0n) is 11.1. The molecule has 1 aliphatic rings. The largest absolute Gasteiger partial charge is 0.492 e. The number of carbonyl (C=O) groups excluding carboxylic acids is 2. The first kappa shape index (κ1) is 13.5. The molecule has 5 nitrogen and oxygen atoms in total. The molecule has 2 rings (SSSR count). The molecule has 2 N–H and O–H groups in total. The molecule has 2 unspecified atom stereocenters. The monoisotopic (exact) mass is 262 g/mol. The summed E-state index contributed by atoms with van der Waals surface area (Å²) >= 11 is 0. The van der Waals surface area contributed by atoms with E-state index in [4.69, 9.17) is 10.5 Å². The molecule has 1 aromatic rings. The molecule has 0 aliphatic carbocycles. The van der Waals surface area contributed by atoms with Crippen LogP contribution in [0.25, 0.3) is 0 Å². The van der Waals surface area contributed by atoms with Crippen LogP contribution in [0.2, 0.25) is 0 Å². The number of rotatable bonds is 4. The lowest BCUT2D eigenvalue weighted by molar-refractivity contribution is -0.122. The van der Waals surface area contributed by atoms with Gasteiger partial charge in [-0.15, -0.1) is 0 Å². The van der Waals surface area contributed by atoms with Crippen molar-refractivity contribution in [3.63, 3.8) is 0 Å². The van der Waals surface area contributed by atoms with Gasteiger partial charge in [-0.3, -0.25) is 9.59 Å². The van der Waals surface area contributed by atoms with Crippen molar-refractivity contribution >= 4 is 17.5 Å². The molecule has 1 heterocycles. The Balaban J connectivity index is 2.27. The number of hydrogen-bond acceptors (Lipinski definition) is 4. The highest BCUT2D eigenvalue weighted by atomic mass is 16.5. The second-order valence-electron chi connectivity index (χ2n) is 4.72. The molecule has 102 valence electrons. The number of hydrogen-bond donors (Lipinski definition) is 1. The van der Waals surface area contributed by atoms with Crippen molar-refractivity contribution in [1.29, 1.82) is 0 Å². The first-order valence-corrected chi connectivity index (χ1v) is 6.37. The maximum Gasteiger partial charge on any atom is 0.237 e. The fourth-order valence-corrected chi connectivity index (χ4v) is 2.09. The van der Waals surface area contributed by atoms with Crippen molar-refractivity contribution in [3.8, 4) is 5.75 Å². The predicted molar refractivity (Wildman–Crippen MR) is 71.8 cm³/mol. The van der Waals surface area contributed by atoms with Gasteiger partial charge in [-0.2, -0.15) is 0 Å². The number of ether oxygens (including phenoxy) is 1. The Kier molecular flexibility index (Phi) is 3.85. The summed E-state index contributed by atoms with van der Waals surface area (Å²) in [6.07, 6.45) is 0. The minimum absolute atomic E-state index is 0.159. The van der Waals surface area contributed by atoms with E-state index in [1.807, 2.05) is 0 Å².